The zero-order valence-corrected chi connectivity index (χ0v) is 40.4. The molecule has 0 bridgehead atoms. The van der Waals surface area contributed by atoms with Gasteiger partial charge >= 0.3 is 23.9 Å². The van der Waals surface area contributed by atoms with Crippen molar-refractivity contribution >= 4 is 53.1 Å². The quantitative estimate of drug-likeness (QED) is 0.0315. The third-order valence-corrected chi connectivity index (χ3v) is 12.7. The molecular formula is C54H76N2O10S. The number of carboxylic acid groups (broad SMARTS) is 2. The van der Waals surface area contributed by atoms with Gasteiger partial charge in [0.15, 0.2) is 0 Å². The van der Waals surface area contributed by atoms with Crippen molar-refractivity contribution in [2.75, 3.05) is 23.4 Å². The molecule has 3 aromatic carbocycles. The standard InChI is InChI=1S/C54H76N2O10S/c57-49(55-46-35-33-45(34-36-46)53(62)56-48(54(63)64)37-38-50(58)59)39-40-67-42-47(66-52(61)32-24-14-10-6-2-4-8-12-18-26-44-29-21-16-22-30-44)41-65-51(60)31-23-13-9-5-1-3-7-11-17-25-43-27-19-15-20-28-43/h15-16,19-22,27-30,33-36,47-48H,1-14,17-18,23-26,31-32,37-42H2,(H,55,57)(H,56,62)(H,58,59)(H,63,64)/t47-,48+/m1/s1. The molecule has 368 valence electrons. The summed E-state index contributed by atoms with van der Waals surface area (Å²) in [6.45, 7) is -0.0356. The van der Waals surface area contributed by atoms with Crippen LogP contribution in [0.4, 0.5) is 5.69 Å². The molecule has 0 fully saturated rings. The Bertz CT molecular complexity index is 1840. The highest BCUT2D eigenvalue weighted by Gasteiger charge is 2.22. The van der Waals surface area contributed by atoms with E-state index in [1.165, 1.54) is 111 Å². The second kappa shape index (κ2) is 35.9. The molecule has 0 unspecified atom stereocenters. The number of carboxylic acids is 2. The highest BCUT2D eigenvalue weighted by molar-refractivity contribution is 7.99. The van der Waals surface area contributed by atoms with Crippen molar-refractivity contribution in [2.24, 2.45) is 0 Å². The predicted octanol–water partition coefficient (Wildman–Crippen LogP) is 11.5. The number of aliphatic carboxylic acids is 2. The van der Waals surface area contributed by atoms with Crippen LogP contribution < -0.4 is 10.6 Å². The first-order valence-corrected chi connectivity index (χ1v) is 25.9. The fourth-order valence-electron chi connectivity index (χ4n) is 7.66. The number of benzene rings is 3. The van der Waals surface area contributed by atoms with Gasteiger partial charge in [-0.25, -0.2) is 4.79 Å². The molecule has 13 heteroatoms. The van der Waals surface area contributed by atoms with Crippen LogP contribution in [0.3, 0.4) is 0 Å². The monoisotopic (exact) mass is 945 g/mol. The zero-order valence-electron chi connectivity index (χ0n) is 39.6. The average molecular weight is 945 g/mol. The van der Waals surface area contributed by atoms with Gasteiger partial charge in [-0.1, -0.05) is 151 Å². The van der Waals surface area contributed by atoms with E-state index in [1.807, 2.05) is 0 Å². The Morgan fingerprint density at radius 3 is 1.51 bits per heavy atom. The number of hydrogen-bond acceptors (Lipinski definition) is 9. The SMILES string of the molecule is O=C(O)CC[C@H](NC(=O)c1ccc(NC(=O)CCSC[C@@H](COC(=O)CCCCCCCCCCCc2ccccc2)OC(=O)CCCCCCCCCCCc2ccccc2)cc1)C(=O)O. The maximum absolute atomic E-state index is 12.9. The van der Waals surface area contributed by atoms with Gasteiger partial charge in [0.2, 0.25) is 5.91 Å². The van der Waals surface area contributed by atoms with Gasteiger partial charge in [0.25, 0.3) is 5.91 Å². The van der Waals surface area contributed by atoms with E-state index in [2.05, 4.69) is 71.3 Å². The summed E-state index contributed by atoms with van der Waals surface area (Å²) >= 11 is 1.42. The number of carbonyl (C=O) groups is 6. The van der Waals surface area contributed by atoms with Crippen LogP contribution in [0.1, 0.15) is 169 Å². The van der Waals surface area contributed by atoms with Crippen LogP contribution >= 0.6 is 11.8 Å². The molecule has 2 amide bonds. The van der Waals surface area contributed by atoms with Gasteiger partial charge < -0.3 is 30.3 Å². The summed E-state index contributed by atoms with van der Waals surface area (Å²) in [4.78, 5) is 73.2. The molecule has 3 aromatic rings. The Morgan fingerprint density at radius 2 is 1.01 bits per heavy atom. The van der Waals surface area contributed by atoms with Gasteiger partial charge in [0, 0.05) is 48.4 Å². The van der Waals surface area contributed by atoms with E-state index in [9.17, 15) is 33.9 Å². The van der Waals surface area contributed by atoms with Gasteiger partial charge in [0.05, 0.1) is 0 Å². The Kier molecular flexibility index (Phi) is 30.1. The van der Waals surface area contributed by atoms with Gasteiger partial charge in [-0.15, -0.1) is 0 Å². The summed E-state index contributed by atoms with van der Waals surface area (Å²) in [5.41, 5.74) is 3.40. The number of aryl methyl sites for hydroxylation is 2. The molecule has 12 nitrogen and oxygen atoms in total. The highest BCUT2D eigenvalue weighted by atomic mass is 32.2. The minimum atomic E-state index is -1.35. The normalized spacial score (nSPS) is 11.9. The molecule has 0 aromatic heterocycles. The van der Waals surface area contributed by atoms with Crippen molar-refractivity contribution in [3.63, 3.8) is 0 Å². The van der Waals surface area contributed by atoms with Crippen LogP contribution in [0.2, 0.25) is 0 Å². The lowest BCUT2D eigenvalue weighted by Gasteiger charge is -2.18. The van der Waals surface area contributed by atoms with Gasteiger partial charge in [-0.2, -0.15) is 11.8 Å². The first-order chi connectivity index (χ1) is 32.6. The number of unbranched alkanes of at least 4 members (excludes halogenated alkanes) is 16. The lowest BCUT2D eigenvalue weighted by molar-refractivity contribution is -0.157. The maximum atomic E-state index is 12.9. The van der Waals surface area contributed by atoms with Crippen LogP contribution in [-0.4, -0.2) is 76.2 Å². The molecule has 0 spiro atoms. The van der Waals surface area contributed by atoms with E-state index in [0.717, 1.165) is 64.2 Å². The van der Waals surface area contributed by atoms with Crippen molar-refractivity contribution in [1.82, 2.24) is 5.32 Å². The molecule has 0 radical (unpaired) electrons. The fraction of sp³-hybridized carbons (Fsp3) is 0.556. The average Bonchev–Trinajstić information content (AvgIpc) is 3.32. The first kappa shape index (κ1) is 56.2. The number of rotatable bonds is 39. The molecule has 0 heterocycles. The van der Waals surface area contributed by atoms with Crippen molar-refractivity contribution in [3.8, 4) is 0 Å². The molecule has 4 N–H and O–H groups in total. The van der Waals surface area contributed by atoms with Gasteiger partial charge in [-0.05, 0) is 80.3 Å². The number of ether oxygens (including phenoxy) is 2. The number of thioether (sulfide) groups is 1. The minimum absolute atomic E-state index is 0.0356. The molecule has 0 aliphatic carbocycles. The van der Waals surface area contributed by atoms with Crippen molar-refractivity contribution in [2.45, 2.75) is 173 Å². The molecule has 0 aliphatic rings. The number of nitrogens with one attached hydrogen (secondary N) is 2. The number of amides is 2. The van der Waals surface area contributed by atoms with Crippen molar-refractivity contribution in [3.05, 3.63) is 102 Å². The van der Waals surface area contributed by atoms with Crippen LogP contribution in [-0.2, 0) is 46.3 Å². The third-order valence-electron chi connectivity index (χ3n) is 11.6. The summed E-state index contributed by atoms with van der Waals surface area (Å²) in [6, 6.07) is 25.8. The van der Waals surface area contributed by atoms with Gasteiger partial charge in [-0.3, -0.25) is 24.0 Å². The van der Waals surface area contributed by atoms with Gasteiger partial charge in [0.1, 0.15) is 18.8 Å². The zero-order chi connectivity index (χ0) is 48.2. The fourth-order valence-corrected chi connectivity index (χ4v) is 8.58. The van der Waals surface area contributed by atoms with E-state index in [1.54, 1.807) is 0 Å². The van der Waals surface area contributed by atoms with Crippen LogP contribution in [0.5, 0.6) is 0 Å². The molecule has 67 heavy (non-hydrogen) atoms. The number of hydrogen-bond donors (Lipinski definition) is 4. The Balaban J connectivity index is 1.33. The number of esters is 2. The molecule has 0 saturated heterocycles. The smallest absolute Gasteiger partial charge is 0.326 e. The summed E-state index contributed by atoms with van der Waals surface area (Å²) in [6.07, 6.45) is 22.0. The van der Waals surface area contributed by atoms with Crippen molar-refractivity contribution < 1.29 is 48.5 Å². The largest absolute Gasteiger partial charge is 0.481 e. The second-order valence-electron chi connectivity index (χ2n) is 17.4. The lowest BCUT2D eigenvalue weighted by Crippen LogP contribution is -2.41. The predicted molar refractivity (Wildman–Crippen MR) is 266 cm³/mol. The third kappa shape index (κ3) is 28.6. The molecule has 3 rings (SSSR count). The Hall–Kier alpha value is -5.17. The number of carbonyl (C=O) groups excluding carboxylic acids is 4. The van der Waals surface area contributed by atoms with E-state index in [4.69, 9.17) is 14.6 Å². The lowest BCUT2D eigenvalue weighted by atomic mass is 10.0. The molecule has 0 saturated carbocycles. The van der Waals surface area contributed by atoms with E-state index in [-0.39, 0.29) is 42.9 Å². The number of anilines is 1. The van der Waals surface area contributed by atoms with E-state index >= 15 is 0 Å². The second-order valence-corrected chi connectivity index (χ2v) is 18.5. The summed E-state index contributed by atoms with van der Waals surface area (Å²) in [7, 11) is 0. The molecule has 0 aliphatic heterocycles. The topological polar surface area (TPSA) is 185 Å². The molecule has 2 atom stereocenters. The summed E-state index contributed by atoms with van der Waals surface area (Å²) in [5, 5.41) is 23.3. The Morgan fingerprint density at radius 1 is 0.537 bits per heavy atom. The highest BCUT2D eigenvalue weighted by Crippen LogP contribution is 2.17. The van der Waals surface area contributed by atoms with Crippen molar-refractivity contribution in [1.29, 1.82) is 0 Å². The van der Waals surface area contributed by atoms with E-state index < -0.39 is 36.4 Å². The van der Waals surface area contributed by atoms with E-state index in [0.29, 0.717) is 30.0 Å². The minimum Gasteiger partial charge on any atom is -0.481 e. The maximum Gasteiger partial charge on any atom is 0.326 e. The first-order valence-electron chi connectivity index (χ1n) is 24.7. The molecular weight excluding hydrogens is 869 g/mol. The summed E-state index contributed by atoms with van der Waals surface area (Å²) in [5.74, 6) is -3.29. The Labute approximate surface area is 403 Å². The van der Waals surface area contributed by atoms with Crippen LogP contribution in [0, 0.1) is 0 Å². The van der Waals surface area contributed by atoms with Crippen LogP contribution in [0.25, 0.3) is 0 Å². The summed E-state index contributed by atoms with van der Waals surface area (Å²) < 4.78 is 11.4. The van der Waals surface area contributed by atoms with Crippen LogP contribution in [0.15, 0.2) is 84.9 Å².